The van der Waals surface area contributed by atoms with E-state index in [1.807, 2.05) is 24.3 Å². The lowest BCUT2D eigenvalue weighted by Gasteiger charge is -2.32. The highest BCUT2D eigenvalue weighted by atomic mass is 79.9. The third-order valence-corrected chi connectivity index (χ3v) is 6.72. The molecule has 2 aromatic carbocycles. The molecule has 0 bridgehead atoms. The first kappa shape index (κ1) is 21.1. The number of unbranched alkanes of at least 4 members (excludes halogenated alkanes) is 2. The van der Waals surface area contributed by atoms with Gasteiger partial charge in [0.25, 0.3) is 5.91 Å². The number of rotatable bonds is 8. The van der Waals surface area contributed by atoms with Gasteiger partial charge in [0.15, 0.2) is 0 Å². The molecule has 2 heterocycles. The number of carbonyl (C=O) groups is 1. The zero-order valence-corrected chi connectivity index (χ0v) is 19.0. The summed E-state index contributed by atoms with van der Waals surface area (Å²) in [5.74, 6) is 0.688. The molecule has 0 unspecified atom stereocenters. The van der Waals surface area contributed by atoms with Gasteiger partial charge in [0.2, 0.25) is 0 Å². The minimum absolute atomic E-state index is 0.0156. The van der Waals surface area contributed by atoms with Crippen LogP contribution in [-0.4, -0.2) is 42.0 Å². The number of para-hydroxylation sites is 1. The van der Waals surface area contributed by atoms with Gasteiger partial charge in [0.05, 0.1) is 0 Å². The number of nitrogens with one attached hydrogen (secondary N) is 2. The van der Waals surface area contributed by atoms with E-state index < -0.39 is 0 Å². The summed E-state index contributed by atoms with van der Waals surface area (Å²) in [6, 6.07) is 16.1. The monoisotopic (exact) mass is 467 g/mol. The molecule has 5 heteroatoms. The Kier molecular flexibility index (Phi) is 7.24. The predicted molar refractivity (Wildman–Crippen MR) is 127 cm³/mol. The summed E-state index contributed by atoms with van der Waals surface area (Å²) in [5, 5.41) is 4.41. The third-order valence-electron chi connectivity index (χ3n) is 6.19. The average Bonchev–Trinajstić information content (AvgIpc) is 3.21. The number of halogens is 1. The van der Waals surface area contributed by atoms with Crippen molar-refractivity contribution >= 4 is 32.7 Å². The highest BCUT2D eigenvalue weighted by Crippen LogP contribution is 2.33. The smallest absolute Gasteiger partial charge is 0.251 e. The molecule has 4 nitrogen and oxygen atoms in total. The van der Waals surface area contributed by atoms with Gasteiger partial charge in [-0.05, 0) is 87.1 Å². The van der Waals surface area contributed by atoms with Crippen LogP contribution in [0.25, 0.3) is 10.9 Å². The Bertz CT molecular complexity index is 958. The van der Waals surface area contributed by atoms with Crippen molar-refractivity contribution in [3.05, 3.63) is 70.3 Å². The van der Waals surface area contributed by atoms with Gasteiger partial charge in [-0.3, -0.25) is 4.79 Å². The summed E-state index contributed by atoms with van der Waals surface area (Å²) in [4.78, 5) is 18.1. The number of benzene rings is 2. The molecule has 1 saturated heterocycles. The lowest BCUT2D eigenvalue weighted by atomic mass is 9.89. The normalized spacial score (nSPS) is 15.5. The van der Waals surface area contributed by atoms with Crippen LogP contribution >= 0.6 is 15.9 Å². The maximum absolute atomic E-state index is 12.1. The molecule has 0 spiro atoms. The quantitative estimate of drug-likeness (QED) is 0.416. The van der Waals surface area contributed by atoms with E-state index in [9.17, 15) is 4.79 Å². The van der Waals surface area contributed by atoms with Gasteiger partial charge in [-0.2, -0.15) is 0 Å². The number of nitrogens with zero attached hydrogens (tertiary/aromatic N) is 1. The van der Waals surface area contributed by atoms with Crippen LogP contribution in [0.2, 0.25) is 0 Å². The van der Waals surface area contributed by atoms with Crippen molar-refractivity contribution in [2.45, 2.75) is 38.0 Å². The van der Waals surface area contributed by atoms with Gasteiger partial charge in [0.1, 0.15) is 0 Å². The molecule has 30 heavy (non-hydrogen) atoms. The lowest BCUT2D eigenvalue weighted by molar-refractivity contribution is 0.0952. The van der Waals surface area contributed by atoms with Crippen molar-refractivity contribution in [3.8, 4) is 0 Å². The van der Waals surface area contributed by atoms with E-state index in [1.54, 1.807) is 0 Å². The second-order valence-corrected chi connectivity index (χ2v) is 9.14. The number of aromatic amines is 1. The first-order valence-corrected chi connectivity index (χ1v) is 11.8. The maximum Gasteiger partial charge on any atom is 0.251 e. The number of aromatic nitrogens is 1. The number of amides is 1. The van der Waals surface area contributed by atoms with Crippen molar-refractivity contribution < 1.29 is 4.79 Å². The van der Waals surface area contributed by atoms with Crippen LogP contribution in [0, 0.1) is 0 Å². The molecule has 1 aromatic heterocycles. The van der Waals surface area contributed by atoms with Gasteiger partial charge >= 0.3 is 0 Å². The lowest BCUT2D eigenvalue weighted by Crippen LogP contribution is -2.33. The molecule has 0 radical (unpaired) electrons. The summed E-state index contributed by atoms with van der Waals surface area (Å²) in [7, 11) is 0. The number of H-pyrrole nitrogens is 1. The molecular formula is C25H30BrN3O. The minimum Gasteiger partial charge on any atom is -0.361 e. The first-order chi connectivity index (χ1) is 14.7. The van der Waals surface area contributed by atoms with Crippen molar-refractivity contribution in [1.82, 2.24) is 15.2 Å². The third kappa shape index (κ3) is 5.32. The van der Waals surface area contributed by atoms with Crippen molar-refractivity contribution in [2.24, 2.45) is 0 Å². The summed E-state index contributed by atoms with van der Waals surface area (Å²) >= 11 is 3.39. The van der Waals surface area contributed by atoms with Gasteiger partial charge < -0.3 is 15.2 Å². The summed E-state index contributed by atoms with van der Waals surface area (Å²) < 4.78 is 0.990. The van der Waals surface area contributed by atoms with Crippen LogP contribution in [0.3, 0.4) is 0 Å². The Morgan fingerprint density at radius 1 is 1.03 bits per heavy atom. The number of likely N-dealkylation sites (tertiary alicyclic amines) is 1. The Balaban J connectivity index is 1.11. The predicted octanol–water partition coefficient (Wildman–Crippen LogP) is 5.71. The van der Waals surface area contributed by atoms with Crippen molar-refractivity contribution in [1.29, 1.82) is 0 Å². The Labute approximate surface area is 187 Å². The fraction of sp³-hybridized carbons (Fsp3) is 0.400. The topological polar surface area (TPSA) is 48.1 Å². The molecule has 1 amide bonds. The molecule has 3 aromatic rings. The van der Waals surface area contributed by atoms with Crippen LogP contribution in [0.4, 0.5) is 0 Å². The SMILES string of the molecule is O=C(NCCCCCN1CCC(c2c[nH]c3ccccc23)CC1)c1ccc(Br)cc1. The molecular weight excluding hydrogens is 438 g/mol. The second kappa shape index (κ2) is 10.3. The molecule has 1 aliphatic rings. The maximum atomic E-state index is 12.1. The highest BCUT2D eigenvalue weighted by Gasteiger charge is 2.22. The van der Waals surface area contributed by atoms with E-state index >= 15 is 0 Å². The van der Waals surface area contributed by atoms with Gasteiger partial charge in [0, 0.05) is 33.7 Å². The van der Waals surface area contributed by atoms with Gasteiger partial charge in [-0.15, -0.1) is 0 Å². The van der Waals surface area contributed by atoms with Crippen LogP contribution in [-0.2, 0) is 0 Å². The number of hydrogen-bond acceptors (Lipinski definition) is 2. The van der Waals surface area contributed by atoms with Gasteiger partial charge in [-0.1, -0.05) is 40.5 Å². The molecule has 1 aliphatic heterocycles. The fourth-order valence-electron chi connectivity index (χ4n) is 4.44. The second-order valence-electron chi connectivity index (χ2n) is 8.23. The van der Waals surface area contributed by atoms with E-state index in [0.29, 0.717) is 5.92 Å². The summed E-state index contributed by atoms with van der Waals surface area (Å²) in [6.45, 7) is 4.29. The molecule has 158 valence electrons. The summed E-state index contributed by atoms with van der Waals surface area (Å²) in [6.07, 6.45) is 8.09. The van der Waals surface area contributed by atoms with E-state index in [2.05, 4.69) is 61.6 Å². The Hall–Kier alpha value is -2.11. The number of fused-ring (bicyclic) bond motifs is 1. The minimum atomic E-state index is 0.0156. The van der Waals surface area contributed by atoms with E-state index in [4.69, 9.17) is 0 Å². The van der Waals surface area contributed by atoms with E-state index in [1.165, 1.54) is 55.4 Å². The van der Waals surface area contributed by atoms with E-state index in [-0.39, 0.29) is 5.91 Å². The average molecular weight is 468 g/mol. The zero-order chi connectivity index (χ0) is 20.8. The van der Waals surface area contributed by atoms with Crippen molar-refractivity contribution in [2.75, 3.05) is 26.2 Å². The van der Waals surface area contributed by atoms with Crippen LogP contribution < -0.4 is 5.32 Å². The molecule has 1 fully saturated rings. The fourth-order valence-corrected chi connectivity index (χ4v) is 4.71. The molecule has 0 saturated carbocycles. The molecule has 0 atom stereocenters. The van der Waals surface area contributed by atoms with Gasteiger partial charge in [-0.25, -0.2) is 0 Å². The summed E-state index contributed by atoms with van der Waals surface area (Å²) in [5.41, 5.74) is 3.46. The van der Waals surface area contributed by atoms with Crippen LogP contribution in [0.15, 0.2) is 59.2 Å². The Morgan fingerprint density at radius 2 is 1.80 bits per heavy atom. The van der Waals surface area contributed by atoms with E-state index in [0.717, 1.165) is 29.4 Å². The highest BCUT2D eigenvalue weighted by molar-refractivity contribution is 9.10. The Morgan fingerprint density at radius 3 is 2.60 bits per heavy atom. The number of carbonyl (C=O) groups excluding carboxylic acids is 1. The number of piperidine rings is 1. The molecule has 0 aliphatic carbocycles. The van der Waals surface area contributed by atoms with Crippen LogP contribution in [0.1, 0.15) is 53.9 Å². The largest absolute Gasteiger partial charge is 0.361 e. The van der Waals surface area contributed by atoms with Crippen molar-refractivity contribution in [3.63, 3.8) is 0 Å². The number of hydrogen-bond donors (Lipinski definition) is 2. The first-order valence-electron chi connectivity index (χ1n) is 11.0. The zero-order valence-electron chi connectivity index (χ0n) is 17.4. The molecule has 4 rings (SSSR count). The molecule has 2 N–H and O–H groups in total. The standard InChI is InChI=1S/C25H30BrN3O/c26-21-10-8-20(9-11-21)25(30)27-14-4-1-5-15-29-16-12-19(13-17-29)23-18-28-24-7-3-2-6-22(23)24/h2-3,6-11,18-19,28H,1,4-5,12-17H2,(H,27,30). The van der Waals surface area contributed by atoms with Crippen LogP contribution in [0.5, 0.6) is 0 Å².